The van der Waals surface area contributed by atoms with Gasteiger partial charge in [0.2, 0.25) is 0 Å². The van der Waals surface area contributed by atoms with Crippen molar-refractivity contribution in [1.82, 2.24) is 4.90 Å². The van der Waals surface area contributed by atoms with E-state index in [1.54, 1.807) is 0 Å². The summed E-state index contributed by atoms with van der Waals surface area (Å²) in [5.74, 6) is 2.80. The van der Waals surface area contributed by atoms with Crippen molar-refractivity contribution in [3.63, 3.8) is 0 Å². The van der Waals surface area contributed by atoms with Crippen LogP contribution in [0.3, 0.4) is 0 Å². The summed E-state index contributed by atoms with van der Waals surface area (Å²) in [5, 5.41) is 0. The van der Waals surface area contributed by atoms with Crippen molar-refractivity contribution in [2.24, 2.45) is 5.41 Å². The number of terminal acetylenes is 1. The van der Waals surface area contributed by atoms with Crippen LogP contribution in [0.2, 0.25) is 0 Å². The third kappa shape index (κ3) is 4.10. The topological polar surface area (TPSA) is 20.3 Å². The van der Waals surface area contributed by atoms with Crippen LogP contribution >= 0.6 is 0 Å². The number of nitrogens with zero attached hydrogens (tertiary/aromatic N) is 1. The largest absolute Gasteiger partial charge is 0.354 e. The molecule has 1 aliphatic heterocycles. The zero-order chi connectivity index (χ0) is 19.7. The van der Waals surface area contributed by atoms with E-state index < -0.39 is 0 Å². The van der Waals surface area contributed by atoms with Gasteiger partial charge in [0.1, 0.15) is 0 Å². The van der Waals surface area contributed by atoms with Crippen molar-refractivity contribution < 1.29 is 4.79 Å². The Hall–Kier alpha value is -2.27. The van der Waals surface area contributed by atoms with Gasteiger partial charge in [-0.05, 0) is 62.8 Å². The molecule has 138 valence electrons. The smallest absolute Gasteiger partial charge is 0.182 e. The minimum absolute atomic E-state index is 0.141. The molecule has 0 unspecified atom stereocenters. The van der Waals surface area contributed by atoms with Crippen molar-refractivity contribution in [2.45, 2.75) is 60.4 Å². The second kappa shape index (κ2) is 7.16. The third-order valence-electron chi connectivity index (χ3n) is 5.17. The number of aryl methyl sites for hydroxylation is 2. The van der Waals surface area contributed by atoms with E-state index in [0.717, 1.165) is 28.8 Å². The fourth-order valence-corrected chi connectivity index (χ4v) is 3.24. The quantitative estimate of drug-likeness (QED) is 0.531. The van der Waals surface area contributed by atoms with Gasteiger partial charge in [-0.25, -0.2) is 0 Å². The van der Waals surface area contributed by atoms with Gasteiger partial charge in [0.25, 0.3) is 0 Å². The van der Waals surface area contributed by atoms with E-state index in [-0.39, 0.29) is 16.7 Å². The number of carbonyl (C=O) groups excluding carboxylic acids is 1. The molecule has 0 spiro atoms. The second-order valence-corrected chi connectivity index (χ2v) is 8.95. The molecule has 2 nitrogen and oxygen atoms in total. The van der Waals surface area contributed by atoms with Crippen LogP contribution in [0.5, 0.6) is 0 Å². The Morgan fingerprint density at radius 1 is 1.23 bits per heavy atom. The van der Waals surface area contributed by atoms with E-state index in [4.69, 9.17) is 6.42 Å². The lowest BCUT2D eigenvalue weighted by molar-refractivity contribution is 0.0824. The Morgan fingerprint density at radius 2 is 1.88 bits per heavy atom. The molecule has 2 heteroatoms. The zero-order valence-electron chi connectivity index (χ0n) is 17.2. The fraction of sp³-hybridized carbons (Fsp3) is 0.458. The summed E-state index contributed by atoms with van der Waals surface area (Å²) in [6.07, 6.45) is 10.5. The summed E-state index contributed by atoms with van der Waals surface area (Å²) in [7, 11) is 0. The van der Waals surface area contributed by atoms with Crippen LogP contribution in [0.15, 0.2) is 41.6 Å². The van der Waals surface area contributed by atoms with Crippen molar-refractivity contribution >= 4 is 5.78 Å². The SMILES string of the molecule is C#C/C=C1\C(=C/CC(C)(C)C)N(CC(=O)c2ccc(C)c(C)c2)C1(C)C. The van der Waals surface area contributed by atoms with E-state index in [2.05, 4.69) is 58.4 Å². The lowest BCUT2D eigenvalue weighted by Gasteiger charge is -2.54. The van der Waals surface area contributed by atoms with E-state index in [0.29, 0.717) is 6.54 Å². The molecule has 2 rings (SSSR count). The molecule has 0 atom stereocenters. The van der Waals surface area contributed by atoms with E-state index in [1.165, 1.54) is 5.56 Å². The first-order valence-corrected chi connectivity index (χ1v) is 9.23. The third-order valence-corrected chi connectivity index (χ3v) is 5.17. The van der Waals surface area contributed by atoms with Crippen LogP contribution in [-0.2, 0) is 0 Å². The molecule has 1 heterocycles. The second-order valence-electron chi connectivity index (χ2n) is 8.95. The van der Waals surface area contributed by atoms with Crippen LogP contribution in [0, 0.1) is 31.6 Å². The van der Waals surface area contributed by atoms with Gasteiger partial charge in [-0.1, -0.05) is 44.9 Å². The molecule has 1 fully saturated rings. The molecule has 1 aromatic rings. The minimum atomic E-state index is -0.231. The van der Waals surface area contributed by atoms with Gasteiger partial charge in [0.05, 0.1) is 12.1 Å². The Kier molecular flexibility index (Phi) is 5.52. The predicted octanol–water partition coefficient (Wildman–Crippen LogP) is 5.46. The monoisotopic (exact) mass is 349 g/mol. The summed E-state index contributed by atoms with van der Waals surface area (Å²) in [5.41, 5.74) is 5.32. The number of carbonyl (C=O) groups is 1. The maximum absolute atomic E-state index is 12.9. The molecule has 26 heavy (non-hydrogen) atoms. The number of Topliss-reactive ketones (excluding diaryl/α,β-unsaturated/α-hetero) is 1. The maximum atomic E-state index is 12.9. The molecule has 1 aliphatic rings. The summed E-state index contributed by atoms with van der Waals surface area (Å²) in [6.45, 7) is 15.4. The summed E-state index contributed by atoms with van der Waals surface area (Å²) < 4.78 is 0. The van der Waals surface area contributed by atoms with Crippen LogP contribution in [0.4, 0.5) is 0 Å². The van der Waals surface area contributed by atoms with Gasteiger partial charge in [-0.2, -0.15) is 0 Å². The Labute approximate surface area is 159 Å². The highest BCUT2D eigenvalue weighted by atomic mass is 16.1. The number of hydrogen-bond acceptors (Lipinski definition) is 2. The van der Waals surface area contributed by atoms with Crippen LogP contribution in [0.25, 0.3) is 0 Å². The van der Waals surface area contributed by atoms with Gasteiger partial charge in [0.15, 0.2) is 5.78 Å². The van der Waals surface area contributed by atoms with E-state index in [9.17, 15) is 4.79 Å². The average molecular weight is 350 g/mol. The van der Waals surface area contributed by atoms with Gasteiger partial charge < -0.3 is 4.90 Å². The number of likely N-dealkylation sites (tertiary alicyclic amines) is 1. The number of allylic oxidation sites excluding steroid dienone is 2. The Morgan fingerprint density at radius 3 is 2.42 bits per heavy atom. The fourth-order valence-electron chi connectivity index (χ4n) is 3.24. The highest BCUT2D eigenvalue weighted by Crippen LogP contribution is 2.45. The number of benzene rings is 1. The van der Waals surface area contributed by atoms with Crippen molar-refractivity contribution in [3.05, 3.63) is 58.3 Å². The molecule has 0 amide bonds. The molecular formula is C24H31NO. The van der Waals surface area contributed by atoms with E-state index in [1.807, 2.05) is 31.2 Å². The number of rotatable bonds is 4. The minimum Gasteiger partial charge on any atom is -0.354 e. The van der Waals surface area contributed by atoms with Crippen LogP contribution in [-0.4, -0.2) is 22.8 Å². The first-order valence-electron chi connectivity index (χ1n) is 9.23. The standard InChI is InChI=1S/C24H31NO/c1-9-10-20-21(13-14-23(4,5)6)25(24(20,7)8)16-22(26)19-12-11-17(2)18(3)15-19/h1,10-13,15H,14,16H2,2-8H3/b20-10+,21-13+. The summed E-state index contributed by atoms with van der Waals surface area (Å²) in [6, 6.07) is 5.93. The van der Waals surface area contributed by atoms with Gasteiger partial charge >= 0.3 is 0 Å². The average Bonchev–Trinajstić information content (AvgIpc) is 2.54. The highest BCUT2D eigenvalue weighted by molar-refractivity contribution is 5.98. The molecule has 1 saturated heterocycles. The van der Waals surface area contributed by atoms with Crippen LogP contribution in [0.1, 0.15) is 62.5 Å². The lowest BCUT2D eigenvalue weighted by atomic mass is 9.77. The highest BCUT2D eigenvalue weighted by Gasteiger charge is 2.45. The first-order chi connectivity index (χ1) is 12.0. The summed E-state index contributed by atoms with van der Waals surface area (Å²) >= 11 is 0. The summed E-state index contributed by atoms with van der Waals surface area (Å²) in [4.78, 5) is 15.1. The first kappa shape index (κ1) is 20.0. The Bertz CT molecular complexity index is 810. The number of hydrogen-bond donors (Lipinski definition) is 0. The molecule has 0 bridgehead atoms. The van der Waals surface area contributed by atoms with Crippen LogP contribution < -0.4 is 0 Å². The molecule has 1 aromatic carbocycles. The molecular weight excluding hydrogens is 318 g/mol. The lowest BCUT2D eigenvalue weighted by Crippen LogP contribution is -2.57. The van der Waals surface area contributed by atoms with Gasteiger partial charge in [-0.3, -0.25) is 4.79 Å². The molecule has 0 saturated carbocycles. The van der Waals surface area contributed by atoms with Crippen molar-refractivity contribution in [2.75, 3.05) is 6.54 Å². The predicted molar refractivity (Wildman–Crippen MR) is 110 cm³/mol. The van der Waals surface area contributed by atoms with Crippen molar-refractivity contribution in [1.29, 1.82) is 0 Å². The normalized spacial score (nSPS) is 19.4. The molecule has 0 aliphatic carbocycles. The van der Waals surface area contributed by atoms with Crippen molar-refractivity contribution in [3.8, 4) is 12.3 Å². The molecule has 0 N–H and O–H groups in total. The maximum Gasteiger partial charge on any atom is 0.182 e. The number of ketones is 1. The Balaban J connectivity index is 2.30. The van der Waals surface area contributed by atoms with E-state index >= 15 is 0 Å². The van der Waals surface area contributed by atoms with Gasteiger partial charge in [-0.15, -0.1) is 6.42 Å². The molecule has 0 radical (unpaired) electrons. The molecule has 0 aromatic heterocycles. The zero-order valence-corrected chi connectivity index (χ0v) is 17.2. The van der Waals surface area contributed by atoms with Gasteiger partial charge in [0, 0.05) is 16.8 Å².